The maximum Gasteiger partial charge on any atom is 0.243 e. The van der Waals surface area contributed by atoms with E-state index in [0.29, 0.717) is 18.5 Å². The summed E-state index contributed by atoms with van der Waals surface area (Å²) in [5, 5.41) is 14.4. The van der Waals surface area contributed by atoms with Gasteiger partial charge in [-0.15, -0.1) is 0 Å². The van der Waals surface area contributed by atoms with Crippen LogP contribution in [0.5, 0.6) is 5.75 Å². The number of halogens is 1. The molecule has 3 N–H and O–H groups in total. The lowest BCUT2D eigenvalue weighted by Gasteiger charge is -2.31. The van der Waals surface area contributed by atoms with Crippen LogP contribution < -0.4 is 10.6 Å². The summed E-state index contributed by atoms with van der Waals surface area (Å²) in [6.45, 7) is -0.00310. The zero-order valence-corrected chi connectivity index (χ0v) is 16.9. The molecule has 0 spiro atoms. The number of hydrogen-bond donors (Lipinski definition) is 3. The molecular weight excluding hydrogens is 413 g/mol. The number of nitrogens with one attached hydrogen (secondary N) is 2. The van der Waals surface area contributed by atoms with Crippen LogP contribution in [0.25, 0.3) is 0 Å². The van der Waals surface area contributed by atoms with Gasteiger partial charge in [-0.2, -0.15) is 4.31 Å². The van der Waals surface area contributed by atoms with Gasteiger partial charge >= 0.3 is 0 Å². The SMILES string of the molecule is O=C(CNC(=O)C1CCCN(S(=O)(=O)c2ccc(F)cc2)C1)Nc1ccc(O)cc1. The standard InChI is InChI=1S/C20H22FN3O5S/c21-15-3-9-18(10-4-15)30(28,29)24-11-1-2-14(13-24)20(27)22-12-19(26)23-16-5-7-17(25)8-6-16/h3-10,14,25H,1-2,11-13H2,(H,22,27)(H,23,26). The van der Waals surface area contributed by atoms with E-state index in [1.165, 1.54) is 40.7 Å². The molecule has 0 saturated carbocycles. The van der Waals surface area contributed by atoms with Crippen LogP contribution in [0, 0.1) is 11.7 Å². The molecule has 1 fully saturated rings. The molecule has 1 aliphatic heterocycles. The molecule has 1 unspecified atom stereocenters. The lowest BCUT2D eigenvalue weighted by Crippen LogP contribution is -2.46. The van der Waals surface area contributed by atoms with E-state index >= 15 is 0 Å². The van der Waals surface area contributed by atoms with E-state index in [-0.39, 0.29) is 30.3 Å². The Hall–Kier alpha value is -2.98. The molecule has 2 amide bonds. The summed E-state index contributed by atoms with van der Waals surface area (Å²) in [6.07, 6.45) is 0.999. The molecule has 10 heteroatoms. The molecule has 1 saturated heterocycles. The number of aromatic hydroxyl groups is 1. The van der Waals surface area contributed by atoms with Crippen molar-refractivity contribution in [1.29, 1.82) is 0 Å². The minimum absolute atomic E-state index is 0.00881. The molecule has 0 bridgehead atoms. The Morgan fingerprint density at radius 1 is 1.10 bits per heavy atom. The van der Waals surface area contributed by atoms with Crippen LogP contribution >= 0.6 is 0 Å². The Kier molecular flexibility index (Phi) is 6.68. The Bertz CT molecular complexity index is 1010. The molecule has 0 aromatic heterocycles. The third kappa shape index (κ3) is 5.33. The van der Waals surface area contributed by atoms with Crippen molar-refractivity contribution in [3.05, 3.63) is 54.3 Å². The van der Waals surface area contributed by atoms with E-state index in [9.17, 15) is 27.5 Å². The fraction of sp³-hybridized carbons (Fsp3) is 0.300. The Morgan fingerprint density at radius 2 is 1.77 bits per heavy atom. The quantitative estimate of drug-likeness (QED) is 0.597. The van der Waals surface area contributed by atoms with Gasteiger partial charge in [0.2, 0.25) is 21.8 Å². The number of rotatable bonds is 6. The topological polar surface area (TPSA) is 116 Å². The first-order chi connectivity index (χ1) is 14.3. The maximum absolute atomic E-state index is 13.1. The molecule has 3 rings (SSSR count). The number of phenols is 1. The van der Waals surface area contributed by atoms with Gasteiger partial charge in [0.15, 0.2) is 0 Å². The lowest BCUT2D eigenvalue weighted by molar-refractivity contribution is -0.128. The summed E-state index contributed by atoms with van der Waals surface area (Å²) in [6, 6.07) is 10.4. The summed E-state index contributed by atoms with van der Waals surface area (Å²) in [7, 11) is -3.83. The van der Waals surface area contributed by atoms with Gasteiger partial charge in [0.25, 0.3) is 0 Å². The smallest absolute Gasteiger partial charge is 0.243 e. The van der Waals surface area contributed by atoms with Gasteiger partial charge in [-0.05, 0) is 61.4 Å². The molecule has 2 aromatic rings. The fourth-order valence-corrected chi connectivity index (χ4v) is 4.72. The molecular formula is C20H22FN3O5S. The second kappa shape index (κ2) is 9.23. The molecule has 2 aromatic carbocycles. The molecule has 8 nitrogen and oxygen atoms in total. The second-order valence-corrected chi connectivity index (χ2v) is 8.91. The van der Waals surface area contributed by atoms with Crippen molar-refractivity contribution >= 4 is 27.5 Å². The van der Waals surface area contributed by atoms with Crippen molar-refractivity contribution in [2.75, 3.05) is 25.0 Å². The van der Waals surface area contributed by atoms with Gasteiger partial charge in [-0.25, -0.2) is 12.8 Å². The lowest BCUT2D eigenvalue weighted by atomic mass is 9.99. The highest BCUT2D eigenvalue weighted by atomic mass is 32.2. The van der Waals surface area contributed by atoms with Gasteiger partial charge in [-0.3, -0.25) is 9.59 Å². The summed E-state index contributed by atoms with van der Waals surface area (Å²) < 4.78 is 39.8. The van der Waals surface area contributed by atoms with E-state index in [2.05, 4.69) is 10.6 Å². The number of benzene rings is 2. The largest absolute Gasteiger partial charge is 0.508 e. The van der Waals surface area contributed by atoms with Crippen molar-refractivity contribution < 1.29 is 27.5 Å². The number of carbonyl (C=O) groups excluding carboxylic acids is 2. The zero-order chi connectivity index (χ0) is 21.7. The Morgan fingerprint density at radius 3 is 2.43 bits per heavy atom. The van der Waals surface area contributed by atoms with Crippen molar-refractivity contribution in [3.63, 3.8) is 0 Å². The number of nitrogens with zero attached hydrogens (tertiary/aromatic N) is 1. The van der Waals surface area contributed by atoms with Crippen LogP contribution in [0.1, 0.15) is 12.8 Å². The minimum atomic E-state index is -3.83. The van der Waals surface area contributed by atoms with E-state index < -0.39 is 33.6 Å². The summed E-state index contributed by atoms with van der Waals surface area (Å²) in [5.41, 5.74) is 0.473. The molecule has 0 radical (unpaired) electrons. The van der Waals surface area contributed by atoms with Gasteiger partial charge in [0, 0.05) is 18.8 Å². The summed E-state index contributed by atoms with van der Waals surface area (Å²) >= 11 is 0. The van der Waals surface area contributed by atoms with Crippen molar-refractivity contribution in [2.24, 2.45) is 5.92 Å². The van der Waals surface area contributed by atoms with E-state index in [4.69, 9.17) is 0 Å². The number of sulfonamides is 1. The number of amides is 2. The second-order valence-electron chi connectivity index (χ2n) is 6.97. The number of phenolic OH excluding ortho intramolecular Hbond substituents is 1. The van der Waals surface area contributed by atoms with Gasteiger partial charge in [0.05, 0.1) is 17.4 Å². The predicted molar refractivity (Wildman–Crippen MR) is 108 cm³/mol. The van der Waals surface area contributed by atoms with Crippen LogP contribution in [0.15, 0.2) is 53.4 Å². The first kappa shape index (κ1) is 21.7. The van der Waals surface area contributed by atoms with Gasteiger partial charge < -0.3 is 15.7 Å². The fourth-order valence-electron chi connectivity index (χ4n) is 3.19. The Labute approximate surface area is 173 Å². The number of carbonyl (C=O) groups is 2. The highest BCUT2D eigenvalue weighted by Gasteiger charge is 2.33. The normalized spacial score (nSPS) is 17.3. The maximum atomic E-state index is 13.1. The van der Waals surface area contributed by atoms with Gasteiger partial charge in [0.1, 0.15) is 11.6 Å². The molecule has 1 aliphatic rings. The average Bonchev–Trinajstić information content (AvgIpc) is 2.74. The van der Waals surface area contributed by atoms with E-state index in [1.807, 2.05) is 0 Å². The van der Waals surface area contributed by atoms with Crippen LogP contribution in [0.3, 0.4) is 0 Å². The first-order valence-corrected chi connectivity index (χ1v) is 10.8. The highest BCUT2D eigenvalue weighted by Crippen LogP contribution is 2.24. The van der Waals surface area contributed by atoms with Crippen LogP contribution in [-0.2, 0) is 19.6 Å². The third-order valence-electron chi connectivity index (χ3n) is 4.78. The number of piperidine rings is 1. The van der Waals surface area contributed by atoms with E-state index in [1.54, 1.807) is 0 Å². The molecule has 1 heterocycles. The van der Waals surface area contributed by atoms with E-state index in [0.717, 1.165) is 12.1 Å². The van der Waals surface area contributed by atoms with Crippen LogP contribution in [-0.4, -0.2) is 49.3 Å². The number of anilines is 1. The number of hydrogen-bond acceptors (Lipinski definition) is 5. The predicted octanol–water partition coefficient (Wildman–Crippen LogP) is 1.69. The van der Waals surface area contributed by atoms with Crippen molar-refractivity contribution in [2.45, 2.75) is 17.7 Å². The monoisotopic (exact) mass is 435 g/mol. The molecule has 160 valence electrons. The zero-order valence-electron chi connectivity index (χ0n) is 16.0. The van der Waals surface area contributed by atoms with Gasteiger partial charge in [-0.1, -0.05) is 0 Å². The third-order valence-corrected chi connectivity index (χ3v) is 6.66. The molecule has 0 aliphatic carbocycles. The highest BCUT2D eigenvalue weighted by molar-refractivity contribution is 7.89. The van der Waals surface area contributed by atoms with Crippen LogP contribution in [0.2, 0.25) is 0 Å². The Balaban J connectivity index is 1.55. The first-order valence-electron chi connectivity index (χ1n) is 9.38. The summed E-state index contributed by atoms with van der Waals surface area (Å²) in [5.74, 6) is -1.90. The minimum Gasteiger partial charge on any atom is -0.508 e. The van der Waals surface area contributed by atoms with Crippen molar-refractivity contribution in [1.82, 2.24) is 9.62 Å². The molecule has 30 heavy (non-hydrogen) atoms. The average molecular weight is 435 g/mol. The summed E-state index contributed by atoms with van der Waals surface area (Å²) in [4.78, 5) is 24.4. The van der Waals surface area contributed by atoms with Crippen LogP contribution in [0.4, 0.5) is 10.1 Å². The molecule has 1 atom stereocenters. The van der Waals surface area contributed by atoms with Crippen molar-refractivity contribution in [3.8, 4) is 5.75 Å².